The zero-order valence-electron chi connectivity index (χ0n) is 1.85. The summed E-state index contributed by atoms with van der Waals surface area (Å²) in [6.07, 6.45) is 0. The zero-order chi connectivity index (χ0) is 0. The molecule has 3 nitrogen and oxygen atoms in total. The first-order valence-corrected chi connectivity index (χ1v) is 0. The van der Waals surface area contributed by atoms with Crippen molar-refractivity contribution in [3.63, 3.8) is 0 Å². The van der Waals surface area contributed by atoms with Gasteiger partial charge in [-0.2, -0.15) is 0 Å². The summed E-state index contributed by atoms with van der Waals surface area (Å²) in [5.74, 6) is 0. The SMILES string of the molecule is O.O.O.[Fe].[NaH]. The van der Waals surface area contributed by atoms with Gasteiger partial charge < -0.3 is 16.4 Å². The van der Waals surface area contributed by atoms with Crippen molar-refractivity contribution in [3.05, 3.63) is 0 Å². The van der Waals surface area contributed by atoms with Gasteiger partial charge in [0.05, 0.1) is 0 Å². The molecule has 0 saturated carbocycles. The molecule has 0 spiro atoms. The molecule has 0 aliphatic heterocycles. The van der Waals surface area contributed by atoms with Gasteiger partial charge in [-0.15, -0.1) is 0 Å². The van der Waals surface area contributed by atoms with E-state index in [4.69, 9.17) is 0 Å². The van der Waals surface area contributed by atoms with E-state index >= 15 is 0 Å². The van der Waals surface area contributed by atoms with Gasteiger partial charge >= 0.3 is 29.6 Å². The number of hydrogen-bond donors (Lipinski definition) is 0. The molecule has 0 aliphatic carbocycles. The van der Waals surface area contributed by atoms with Crippen LogP contribution in [0.1, 0.15) is 0 Å². The molecule has 0 aromatic rings. The van der Waals surface area contributed by atoms with Gasteiger partial charge in [-0.05, 0) is 0 Å². The van der Waals surface area contributed by atoms with Crippen LogP contribution in [0.2, 0.25) is 0 Å². The Morgan fingerprint density at radius 3 is 0.600 bits per heavy atom. The first-order valence-electron chi connectivity index (χ1n) is 0. The van der Waals surface area contributed by atoms with Crippen molar-refractivity contribution < 1.29 is 33.5 Å². The van der Waals surface area contributed by atoms with Crippen LogP contribution in [0.3, 0.4) is 0 Å². The van der Waals surface area contributed by atoms with E-state index in [1.54, 1.807) is 0 Å². The van der Waals surface area contributed by atoms with Gasteiger partial charge in [-0.25, -0.2) is 0 Å². The molecule has 6 N–H and O–H groups in total. The molecule has 0 saturated heterocycles. The Kier molecular flexibility index (Phi) is 1020. The van der Waals surface area contributed by atoms with Crippen molar-refractivity contribution in [1.82, 2.24) is 0 Å². The van der Waals surface area contributed by atoms with Crippen molar-refractivity contribution in [1.29, 1.82) is 0 Å². The fourth-order valence-corrected chi connectivity index (χ4v) is 0. The van der Waals surface area contributed by atoms with Gasteiger partial charge in [0.15, 0.2) is 0 Å². The zero-order valence-corrected chi connectivity index (χ0v) is 2.96. The van der Waals surface area contributed by atoms with Gasteiger partial charge in [-0.1, -0.05) is 0 Å². The van der Waals surface area contributed by atoms with Gasteiger partial charge in [0.1, 0.15) is 0 Å². The first-order chi connectivity index (χ1) is 0. The van der Waals surface area contributed by atoms with Gasteiger partial charge in [0, 0.05) is 17.1 Å². The monoisotopic (exact) mass is 134 g/mol. The van der Waals surface area contributed by atoms with Crippen molar-refractivity contribution in [2.45, 2.75) is 0 Å². The van der Waals surface area contributed by atoms with Crippen molar-refractivity contribution >= 4 is 29.6 Å². The van der Waals surface area contributed by atoms with Crippen molar-refractivity contribution in [2.75, 3.05) is 0 Å². The summed E-state index contributed by atoms with van der Waals surface area (Å²) in [5.41, 5.74) is 0. The molecule has 0 aliphatic rings. The second kappa shape index (κ2) is 53.4. The average Bonchev–Trinajstić information content (AvgIpc) is 0. The molecule has 5 heavy (non-hydrogen) atoms. The third kappa shape index (κ3) is 31.9. The van der Waals surface area contributed by atoms with Crippen LogP contribution >= 0.6 is 0 Å². The minimum atomic E-state index is 0. The predicted molar refractivity (Wildman–Crippen MR) is 18.0 cm³/mol. The summed E-state index contributed by atoms with van der Waals surface area (Å²) in [4.78, 5) is 0. The summed E-state index contributed by atoms with van der Waals surface area (Å²) >= 11 is 0. The van der Waals surface area contributed by atoms with Crippen molar-refractivity contribution in [3.8, 4) is 0 Å². The van der Waals surface area contributed by atoms with Crippen LogP contribution in [-0.2, 0) is 17.1 Å². The van der Waals surface area contributed by atoms with E-state index in [9.17, 15) is 0 Å². The third-order valence-corrected chi connectivity index (χ3v) is 0. The van der Waals surface area contributed by atoms with E-state index in [2.05, 4.69) is 0 Å². The number of hydrogen-bond acceptors (Lipinski definition) is 0. The van der Waals surface area contributed by atoms with Crippen LogP contribution in [0.15, 0.2) is 0 Å². The predicted octanol–water partition coefficient (Wildman–Crippen LogP) is -3.13. The Hall–Kier alpha value is 1.40. The Morgan fingerprint density at radius 1 is 0.600 bits per heavy atom. The Bertz CT molecular complexity index is 6.85. The second-order valence-electron chi connectivity index (χ2n) is 0. The molecule has 0 unspecified atom stereocenters. The van der Waals surface area contributed by atoms with E-state index < -0.39 is 0 Å². The molecule has 0 rings (SSSR count). The topological polar surface area (TPSA) is 94.5 Å². The Balaban J connectivity index is 0. The van der Waals surface area contributed by atoms with Gasteiger partial charge in [0.25, 0.3) is 0 Å². The van der Waals surface area contributed by atoms with E-state index in [0.29, 0.717) is 0 Å². The second-order valence-corrected chi connectivity index (χ2v) is 0. The van der Waals surface area contributed by atoms with Crippen molar-refractivity contribution in [2.24, 2.45) is 0 Å². The molecule has 0 atom stereocenters. The summed E-state index contributed by atoms with van der Waals surface area (Å²) in [6, 6.07) is 0. The Morgan fingerprint density at radius 2 is 0.600 bits per heavy atom. The number of rotatable bonds is 0. The molecule has 5 heteroatoms. The van der Waals surface area contributed by atoms with E-state index in [1.807, 2.05) is 0 Å². The molecular formula is H7FeNaO3. The standard InChI is InChI=1S/Fe.Na.3H2O.H/h;;3*1H2;. The third-order valence-electron chi connectivity index (χ3n) is 0. The van der Waals surface area contributed by atoms with Crippen LogP contribution in [-0.4, -0.2) is 46.0 Å². The minimum absolute atomic E-state index is 0. The average molecular weight is 134 g/mol. The summed E-state index contributed by atoms with van der Waals surface area (Å²) in [6.45, 7) is 0. The normalized spacial score (nSPS) is 0. The molecule has 0 aromatic heterocycles. The molecule has 0 radical (unpaired) electrons. The van der Waals surface area contributed by atoms with Crippen LogP contribution in [0.25, 0.3) is 0 Å². The first kappa shape index (κ1) is 95.3. The van der Waals surface area contributed by atoms with Gasteiger partial charge in [-0.3, -0.25) is 0 Å². The fourth-order valence-electron chi connectivity index (χ4n) is 0. The van der Waals surface area contributed by atoms with Gasteiger partial charge in [0.2, 0.25) is 0 Å². The molecule has 0 heterocycles. The maximum atomic E-state index is 0. The summed E-state index contributed by atoms with van der Waals surface area (Å²) < 4.78 is 0. The van der Waals surface area contributed by atoms with E-state index in [1.165, 1.54) is 0 Å². The van der Waals surface area contributed by atoms with Crippen LogP contribution in [0.5, 0.6) is 0 Å². The summed E-state index contributed by atoms with van der Waals surface area (Å²) in [7, 11) is 0. The summed E-state index contributed by atoms with van der Waals surface area (Å²) in [5, 5.41) is 0. The molecule has 0 amide bonds. The molecule has 0 fully saturated rings. The maximum absolute atomic E-state index is 0. The van der Waals surface area contributed by atoms with Crippen LogP contribution < -0.4 is 0 Å². The Labute approximate surface area is 62.8 Å². The van der Waals surface area contributed by atoms with E-state index in [0.717, 1.165) is 0 Å². The molecular weight excluding hydrogens is 127 g/mol. The quantitative estimate of drug-likeness (QED) is 0.313. The van der Waals surface area contributed by atoms with Crippen LogP contribution in [0.4, 0.5) is 0 Å². The fraction of sp³-hybridized carbons (Fsp3) is 0. The molecule has 0 bridgehead atoms. The molecule has 0 aromatic carbocycles. The van der Waals surface area contributed by atoms with Crippen LogP contribution in [0, 0.1) is 0 Å². The molecule has 34 valence electrons. The van der Waals surface area contributed by atoms with E-state index in [-0.39, 0.29) is 63.1 Å².